The van der Waals surface area contributed by atoms with Gasteiger partial charge in [0.15, 0.2) is 0 Å². The number of alkyl halides is 1. The predicted molar refractivity (Wildman–Crippen MR) is 53.8 cm³/mol. The van der Waals surface area contributed by atoms with Crippen molar-refractivity contribution in [3.05, 3.63) is 34.9 Å². The van der Waals surface area contributed by atoms with Crippen LogP contribution in [0.1, 0.15) is 12.5 Å². The molecule has 0 heterocycles. The van der Waals surface area contributed by atoms with Crippen molar-refractivity contribution in [2.45, 2.75) is 12.3 Å². The van der Waals surface area contributed by atoms with E-state index in [1.165, 1.54) is 0 Å². The first-order chi connectivity index (χ1) is 6.12. The number of benzene rings is 1. The highest BCUT2D eigenvalue weighted by Crippen LogP contribution is 2.24. The van der Waals surface area contributed by atoms with Crippen LogP contribution in [0.4, 0.5) is 4.39 Å². The Balaban J connectivity index is 2.99. The van der Waals surface area contributed by atoms with Crippen molar-refractivity contribution < 1.29 is 4.39 Å². The summed E-state index contributed by atoms with van der Waals surface area (Å²) in [6.45, 7) is 1.65. The van der Waals surface area contributed by atoms with Crippen molar-refractivity contribution in [2.24, 2.45) is 5.73 Å². The fraction of sp³-hybridized carbons (Fsp3) is 0.400. The highest BCUT2D eigenvalue weighted by atomic mass is 35.5. The summed E-state index contributed by atoms with van der Waals surface area (Å²) >= 11 is 5.72. The van der Waals surface area contributed by atoms with Crippen molar-refractivity contribution in [3.63, 3.8) is 0 Å². The van der Waals surface area contributed by atoms with Gasteiger partial charge in [0.2, 0.25) is 0 Å². The number of nitrogens with two attached hydrogens (primary N) is 1. The van der Waals surface area contributed by atoms with Gasteiger partial charge in [-0.3, -0.25) is 4.39 Å². The van der Waals surface area contributed by atoms with Crippen LogP contribution in [0, 0.1) is 0 Å². The Morgan fingerprint density at radius 2 is 1.92 bits per heavy atom. The molecule has 0 fully saturated rings. The molecule has 1 rings (SSSR count). The van der Waals surface area contributed by atoms with Gasteiger partial charge in [-0.15, -0.1) is 0 Å². The Morgan fingerprint density at radius 3 is 2.31 bits per heavy atom. The highest BCUT2D eigenvalue weighted by molar-refractivity contribution is 6.30. The molecule has 0 spiro atoms. The molecule has 1 nitrogen and oxygen atoms in total. The second-order valence-corrected chi connectivity index (χ2v) is 3.84. The minimum Gasteiger partial charge on any atom is -0.329 e. The van der Waals surface area contributed by atoms with Gasteiger partial charge in [0.25, 0.3) is 0 Å². The summed E-state index contributed by atoms with van der Waals surface area (Å²) in [5.41, 5.74) is 5.83. The molecule has 0 aliphatic heterocycles. The van der Waals surface area contributed by atoms with Crippen LogP contribution < -0.4 is 5.73 Å². The lowest BCUT2D eigenvalue weighted by Crippen LogP contribution is -2.33. The first-order valence-electron chi connectivity index (χ1n) is 4.14. The normalized spacial score (nSPS) is 15.4. The maximum Gasteiger partial charge on any atom is 0.1000 e. The topological polar surface area (TPSA) is 26.0 Å². The molecule has 0 aromatic heterocycles. The van der Waals surface area contributed by atoms with Gasteiger partial charge in [-0.1, -0.05) is 30.7 Å². The SMILES string of the molecule is CC(CN)(CF)c1ccc(Cl)cc1. The second kappa shape index (κ2) is 4.07. The number of halogens is 2. The third-order valence-electron chi connectivity index (χ3n) is 2.29. The molecule has 0 bridgehead atoms. The number of rotatable bonds is 3. The van der Waals surface area contributed by atoms with Crippen LogP contribution in [0.25, 0.3) is 0 Å². The zero-order chi connectivity index (χ0) is 9.90. The van der Waals surface area contributed by atoms with E-state index in [0.29, 0.717) is 11.6 Å². The minimum atomic E-state index is -0.579. The Hall–Kier alpha value is -0.600. The molecular formula is C10H13ClFN. The first kappa shape index (κ1) is 10.5. The molecule has 72 valence electrons. The summed E-state index contributed by atoms with van der Waals surface area (Å²) < 4.78 is 12.7. The summed E-state index contributed by atoms with van der Waals surface area (Å²) in [5.74, 6) is 0. The molecule has 0 aliphatic carbocycles. The van der Waals surface area contributed by atoms with Crippen molar-refractivity contribution in [1.29, 1.82) is 0 Å². The molecule has 3 heteroatoms. The summed E-state index contributed by atoms with van der Waals surface area (Å²) in [6, 6.07) is 7.13. The lowest BCUT2D eigenvalue weighted by atomic mass is 9.84. The van der Waals surface area contributed by atoms with Crippen LogP contribution in [-0.4, -0.2) is 13.2 Å². The minimum absolute atomic E-state index is 0.297. The van der Waals surface area contributed by atoms with Gasteiger partial charge in [0.05, 0.1) is 6.67 Å². The molecular weight excluding hydrogens is 189 g/mol. The van der Waals surface area contributed by atoms with Gasteiger partial charge >= 0.3 is 0 Å². The highest BCUT2D eigenvalue weighted by Gasteiger charge is 2.24. The smallest absolute Gasteiger partial charge is 0.1000 e. The zero-order valence-corrected chi connectivity index (χ0v) is 8.31. The predicted octanol–water partition coefficient (Wildman–Crippen LogP) is 2.53. The van der Waals surface area contributed by atoms with E-state index in [2.05, 4.69) is 0 Å². The van der Waals surface area contributed by atoms with E-state index in [1.54, 1.807) is 19.1 Å². The molecule has 0 radical (unpaired) electrons. The average molecular weight is 202 g/mol. The molecule has 1 atom stereocenters. The summed E-state index contributed by atoms with van der Waals surface area (Å²) in [6.07, 6.45) is 0. The molecule has 1 aromatic carbocycles. The van der Waals surface area contributed by atoms with E-state index >= 15 is 0 Å². The average Bonchev–Trinajstić information content (AvgIpc) is 2.18. The molecule has 2 N–H and O–H groups in total. The Bertz CT molecular complexity index is 267. The maximum atomic E-state index is 12.7. The molecule has 0 aliphatic rings. The third-order valence-corrected chi connectivity index (χ3v) is 2.54. The number of hydrogen-bond acceptors (Lipinski definition) is 1. The van der Waals surface area contributed by atoms with Gasteiger partial charge in [0.1, 0.15) is 0 Å². The third kappa shape index (κ3) is 2.20. The zero-order valence-electron chi connectivity index (χ0n) is 7.56. The summed E-state index contributed by atoms with van der Waals surface area (Å²) in [4.78, 5) is 0. The number of hydrogen-bond donors (Lipinski definition) is 1. The molecule has 1 aromatic rings. The van der Waals surface area contributed by atoms with Gasteiger partial charge in [-0.05, 0) is 17.7 Å². The van der Waals surface area contributed by atoms with Gasteiger partial charge < -0.3 is 5.73 Å². The summed E-state index contributed by atoms with van der Waals surface area (Å²) in [5, 5.41) is 0.655. The van der Waals surface area contributed by atoms with E-state index in [9.17, 15) is 4.39 Å². The van der Waals surface area contributed by atoms with Gasteiger partial charge in [-0.25, -0.2) is 0 Å². The van der Waals surface area contributed by atoms with Crippen LogP contribution in [0.2, 0.25) is 5.02 Å². The Morgan fingerprint density at radius 1 is 1.38 bits per heavy atom. The van der Waals surface area contributed by atoms with Gasteiger partial charge in [-0.2, -0.15) is 0 Å². The monoisotopic (exact) mass is 201 g/mol. The van der Waals surface area contributed by atoms with Crippen LogP contribution >= 0.6 is 11.6 Å². The molecule has 0 saturated heterocycles. The van der Waals surface area contributed by atoms with E-state index in [1.807, 2.05) is 12.1 Å². The van der Waals surface area contributed by atoms with Crippen molar-refractivity contribution >= 4 is 11.6 Å². The second-order valence-electron chi connectivity index (χ2n) is 3.41. The summed E-state index contributed by atoms with van der Waals surface area (Å²) in [7, 11) is 0. The van der Waals surface area contributed by atoms with E-state index in [-0.39, 0.29) is 0 Å². The standard InChI is InChI=1S/C10H13ClFN/c1-10(6-12,7-13)8-2-4-9(11)5-3-8/h2-5H,6-7,13H2,1H3. The fourth-order valence-corrected chi connectivity index (χ4v) is 1.23. The molecule has 0 amide bonds. The van der Waals surface area contributed by atoms with Crippen LogP contribution in [-0.2, 0) is 5.41 Å². The Kier molecular flexibility index (Phi) is 3.28. The molecule has 1 unspecified atom stereocenters. The first-order valence-corrected chi connectivity index (χ1v) is 4.52. The van der Waals surface area contributed by atoms with Crippen molar-refractivity contribution in [3.8, 4) is 0 Å². The lowest BCUT2D eigenvalue weighted by Gasteiger charge is -2.24. The van der Waals surface area contributed by atoms with Crippen molar-refractivity contribution in [1.82, 2.24) is 0 Å². The molecule has 0 saturated carbocycles. The van der Waals surface area contributed by atoms with E-state index in [0.717, 1.165) is 5.56 Å². The van der Waals surface area contributed by atoms with Crippen molar-refractivity contribution in [2.75, 3.05) is 13.2 Å². The van der Waals surface area contributed by atoms with Crippen LogP contribution in [0.3, 0.4) is 0 Å². The van der Waals surface area contributed by atoms with Crippen LogP contribution in [0.5, 0.6) is 0 Å². The van der Waals surface area contributed by atoms with Crippen LogP contribution in [0.15, 0.2) is 24.3 Å². The van der Waals surface area contributed by atoms with E-state index in [4.69, 9.17) is 17.3 Å². The lowest BCUT2D eigenvalue weighted by molar-refractivity contribution is 0.334. The van der Waals surface area contributed by atoms with E-state index < -0.39 is 12.1 Å². The molecule has 13 heavy (non-hydrogen) atoms. The quantitative estimate of drug-likeness (QED) is 0.799. The Labute approximate surface area is 82.7 Å². The maximum absolute atomic E-state index is 12.7. The largest absolute Gasteiger partial charge is 0.329 e. The fourth-order valence-electron chi connectivity index (χ4n) is 1.10. The van der Waals surface area contributed by atoms with Gasteiger partial charge in [0, 0.05) is 17.0 Å².